The van der Waals surface area contributed by atoms with E-state index in [1.165, 1.54) is 18.2 Å². The minimum Gasteiger partial charge on any atom is -0.497 e. The third kappa shape index (κ3) is 4.36. The minimum atomic E-state index is -0.546. The fourth-order valence-electron chi connectivity index (χ4n) is 3.57. The van der Waals surface area contributed by atoms with Gasteiger partial charge in [0.1, 0.15) is 5.75 Å². The number of carbonyl (C=O) groups is 1. The molecule has 1 aromatic heterocycles. The standard InChI is InChI=1S/C21H19ClN4O5/c1-30-16-4-2-3-14(11-16)19-23-20(31-24-19)13-7-9-25(10-8-13)21(27)17-6-5-15(26(28)29)12-18(17)22/h2-6,11-13H,7-10H2,1H3. The summed E-state index contributed by atoms with van der Waals surface area (Å²) in [6.07, 6.45) is 1.33. The molecule has 1 amide bonds. The Labute approximate surface area is 182 Å². The molecule has 1 fully saturated rings. The quantitative estimate of drug-likeness (QED) is 0.427. The van der Waals surface area contributed by atoms with E-state index in [2.05, 4.69) is 10.1 Å². The molecule has 31 heavy (non-hydrogen) atoms. The molecule has 0 aliphatic carbocycles. The SMILES string of the molecule is COc1cccc(-c2noc(C3CCN(C(=O)c4ccc([N+](=O)[O-])cc4Cl)CC3)n2)c1. The number of nitro benzene ring substituents is 1. The summed E-state index contributed by atoms with van der Waals surface area (Å²) in [7, 11) is 1.60. The number of amides is 1. The molecule has 3 aromatic rings. The van der Waals surface area contributed by atoms with Crippen LogP contribution in [0.2, 0.25) is 5.02 Å². The second-order valence-electron chi connectivity index (χ2n) is 7.18. The normalized spacial score (nSPS) is 14.5. The monoisotopic (exact) mass is 442 g/mol. The Bertz CT molecular complexity index is 1120. The highest BCUT2D eigenvalue weighted by Gasteiger charge is 2.29. The maximum atomic E-state index is 12.8. The van der Waals surface area contributed by atoms with Gasteiger partial charge in [0.15, 0.2) is 0 Å². The molecule has 4 rings (SSSR count). The number of piperidine rings is 1. The number of non-ortho nitro benzene ring substituents is 1. The number of likely N-dealkylation sites (tertiary alicyclic amines) is 1. The number of halogens is 1. The molecule has 1 aliphatic heterocycles. The number of nitro groups is 1. The maximum absolute atomic E-state index is 12.8. The molecule has 0 saturated carbocycles. The van der Waals surface area contributed by atoms with E-state index in [-0.39, 0.29) is 28.1 Å². The number of methoxy groups -OCH3 is 1. The summed E-state index contributed by atoms with van der Waals surface area (Å²) < 4.78 is 10.7. The van der Waals surface area contributed by atoms with Crippen LogP contribution < -0.4 is 4.74 Å². The van der Waals surface area contributed by atoms with Crippen molar-refractivity contribution in [3.63, 3.8) is 0 Å². The van der Waals surface area contributed by atoms with Crippen molar-refractivity contribution in [2.24, 2.45) is 0 Å². The van der Waals surface area contributed by atoms with E-state index in [4.69, 9.17) is 20.9 Å². The highest BCUT2D eigenvalue weighted by Crippen LogP contribution is 2.31. The molecule has 0 unspecified atom stereocenters. The zero-order valence-corrected chi connectivity index (χ0v) is 17.4. The van der Waals surface area contributed by atoms with Crippen LogP contribution in [-0.2, 0) is 0 Å². The maximum Gasteiger partial charge on any atom is 0.270 e. The second-order valence-corrected chi connectivity index (χ2v) is 7.58. The van der Waals surface area contributed by atoms with Gasteiger partial charge < -0.3 is 14.2 Å². The summed E-state index contributed by atoms with van der Waals surface area (Å²) >= 11 is 6.10. The summed E-state index contributed by atoms with van der Waals surface area (Å²) in [6.45, 7) is 0.987. The van der Waals surface area contributed by atoms with Gasteiger partial charge in [0, 0.05) is 36.7 Å². The first-order chi connectivity index (χ1) is 15.0. The molecule has 1 saturated heterocycles. The Balaban J connectivity index is 1.41. The minimum absolute atomic E-state index is 0.0447. The molecule has 0 radical (unpaired) electrons. The number of benzene rings is 2. The third-order valence-corrected chi connectivity index (χ3v) is 5.61. The number of rotatable bonds is 5. The van der Waals surface area contributed by atoms with Crippen molar-refractivity contribution in [1.82, 2.24) is 15.0 Å². The van der Waals surface area contributed by atoms with E-state index >= 15 is 0 Å². The molecule has 0 bridgehead atoms. The van der Waals surface area contributed by atoms with Crippen LogP contribution in [0.3, 0.4) is 0 Å². The van der Waals surface area contributed by atoms with Gasteiger partial charge in [-0.15, -0.1) is 0 Å². The lowest BCUT2D eigenvalue weighted by molar-refractivity contribution is -0.384. The first kappa shape index (κ1) is 20.8. The first-order valence-corrected chi connectivity index (χ1v) is 10.1. The molecular formula is C21H19ClN4O5. The molecule has 9 nitrogen and oxygen atoms in total. The molecule has 0 N–H and O–H groups in total. The van der Waals surface area contributed by atoms with Gasteiger partial charge in [-0.25, -0.2) is 0 Å². The third-order valence-electron chi connectivity index (χ3n) is 5.29. The number of ether oxygens (including phenoxy) is 1. The Morgan fingerprint density at radius 1 is 1.26 bits per heavy atom. The predicted octanol–water partition coefficient (Wildman–Crippen LogP) is 4.33. The van der Waals surface area contributed by atoms with Crippen LogP contribution in [0.25, 0.3) is 11.4 Å². The summed E-state index contributed by atoms with van der Waals surface area (Å²) in [6, 6.07) is 11.3. The van der Waals surface area contributed by atoms with Gasteiger partial charge in [-0.1, -0.05) is 28.9 Å². The molecule has 2 heterocycles. The predicted molar refractivity (Wildman–Crippen MR) is 112 cm³/mol. The summed E-state index contributed by atoms with van der Waals surface area (Å²) in [4.78, 5) is 29.3. The fourth-order valence-corrected chi connectivity index (χ4v) is 3.83. The van der Waals surface area contributed by atoms with Gasteiger partial charge in [0.05, 0.1) is 22.6 Å². The van der Waals surface area contributed by atoms with E-state index in [9.17, 15) is 14.9 Å². The van der Waals surface area contributed by atoms with Crippen molar-refractivity contribution in [3.8, 4) is 17.1 Å². The van der Waals surface area contributed by atoms with Crippen LogP contribution in [0, 0.1) is 10.1 Å². The summed E-state index contributed by atoms with van der Waals surface area (Å²) in [5.74, 6) is 1.54. The number of aromatic nitrogens is 2. The number of hydrogen-bond acceptors (Lipinski definition) is 7. The van der Waals surface area contributed by atoms with Gasteiger partial charge in [0.2, 0.25) is 11.7 Å². The van der Waals surface area contributed by atoms with E-state index in [1.807, 2.05) is 24.3 Å². The Morgan fingerprint density at radius 3 is 2.71 bits per heavy atom. The molecule has 2 aromatic carbocycles. The van der Waals surface area contributed by atoms with Gasteiger partial charge in [-0.2, -0.15) is 4.98 Å². The van der Waals surface area contributed by atoms with Crippen molar-refractivity contribution in [2.45, 2.75) is 18.8 Å². The van der Waals surface area contributed by atoms with E-state index in [1.54, 1.807) is 12.0 Å². The lowest BCUT2D eigenvalue weighted by Crippen LogP contribution is -2.38. The van der Waals surface area contributed by atoms with Gasteiger partial charge in [-0.05, 0) is 31.0 Å². The first-order valence-electron chi connectivity index (χ1n) is 9.67. The van der Waals surface area contributed by atoms with E-state index in [0.29, 0.717) is 43.4 Å². The average molecular weight is 443 g/mol. The lowest BCUT2D eigenvalue weighted by Gasteiger charge is -2.30. The van der Waals surface area contributed by atoms with Crippen LogP contribution in [-0.4, -0.2) is 46.1 Å². The highest BCUT2D eigenvalue weighted by atomic mass is 35.5. The van der Waals surface area contributed by atoms with Crippen LogP contribution in [0.1, 0.15) is 35.0 Å². The van der Waals surface area contributed by atoms with Crippen molar-refractivity contribution in [1.29, 1.82) is 0 Å². The smallest absolute Gasteiger partial charge is 0.270 e. The summed E-state index contributed by atoms with van der Waals surface area (Å²) in [5.41, 5.74) is 0.905. The zero-order valence-electron chi connectivity index (χ0n) is 16.7. The summed E-state index contributed by atoms with van der Waals surface area (Å²) in [5, 5.41) is 15.0. The highest BCUT2D eigenvalue weighted by molar-refractivity contribution is 6.34. The van der Waals surface area contributed by atoms with Crippen molar-refractivity contribution in [3.05, 3.63) is 69.1 Å². The van der Waals surface area contributed by atoms with E-state index < -0.39 is 4.92 Å². The Hall–Kier alpha value is -3.46. The van der Waals surface area contributed by atoms with Crippen molar-refractivity contribution in [2.75, 3.05) is 20.2 Å². The van der Waals surface area contributed by atoms with Crippen LogP contribution in [0.15, 0.2) is 47.0 Å². The van der Waals surface area contributed by atoms with E-state index in [0.717, 1.165) is 5.56 Å². The molecular weight excluding hydrogens is 424 g/mol. The van der Waals surface area contributed by atoms with Crippen molar-refractivity contribution >= 4 is 23.2 Å². The fraction of sp³-hybridized carbons (Fsp3) is 0.286. The zero-order chi connectivity index (χ0) is 22.0. The number of hydrogen-bond donors (Lipinski definition) is 0. The molecule has 0 spiro atoms. The topological polar surface area (TPSA) is 112 Å². The largest absolute Gasteiger partial charge is 0.497 e. The van der Waals surface area contributed by atoms with Crippen LogP contribution in [0.5, 0.6) is 5.75 Å². The van der Waals surface area contributed by atoms with Gasteiger partial charge >= 0.3 is 0 Å². The molecule has 10 heteroatoms. The molecule has 160 valence electrons. The van der Waals surface area contributed by atoms with Crippen molar-refractivity contribution < 1.29 is 19.0 Å². The van der Waals surface area contributed by atoms with Gasteiger partial charge in [-0.3, -0.25) is 14.9 Å². The molecule has 0 atom stereocenters. The lowest BCUT2D eigenvalue weighted by atomic mass is 9.96. The average Bonchev–Trinajstić information content (AvgIpc) is 3.29. The Morgan fingerprint density at radius 2 is 2.03 bits per heavy atom. The second kappa shape index (κ2) is 8.73. The van der Waals surface area contributed by atoms with Crippen LogP contribution in [0.4, 0.5) is 5.69 Å². The van der Waals surface area contributed by atoms with Gasteiger partial charge in [0.25, 0.3) is 11.6 Å². The van der Waals surface area contributed by atoms with Crippen LogP contribution >= 0.6 is 11.6 Å². The Kier molecular flexibility index (Phi) is 5.85. The number of nitrogens with zero attached hydrogens (tertiary/aromatic N) is 4. The molecule has 1 aliphatic rings. The number of carbonyl (C=O) groups excluding carboxylic acids is 1.